The van der Waals surface area contributed by atoms with E-state index in [1.165, 1.54) is 11.1 Å². The summed E-state index contributed by atoms with van der Waals surface area (Å²) in [5.41, 5.74) is 2.39. The van der Waals surface area contributed by atoms with Crippen LogP contribution >= 0.6 is 11.6 Å². The van der Waals surface area contributed by atoms with E-state index in [-0.39, 0.29) is 6.04 Å². The van der Waals surface area contributed by atoms with Crippen molar-refractivity contribution in [1.29, 1.82) is 5.26 Å². The predicted molar refractivity (Wildman–Crippen MR) is 87.3 cm³/mol. The first kappa shape index (κ1) is 16.3. The third-order valence-electron chi connectivity index (χ3n) is 4.16. The third kappa shape index (κ3) is 4.44. The highest BCUT2D eigenvalue weighted by Crippen LogP contribution is 2.20. The molecule has 114 valence electrons. The lowest BCUT2D eigenvalue weighted by Gasteiger charge is -2.37. The van der Waals surface area contributed by atoms with E-state index in [1.807, 2.05) is 6.07 Å². The van der Waals surface area contributed by atoms with Crippen molar-refractivity contribution in [3.8, 4) is 6.07 Å². The van der Waals surface area contributed by atoms with Gasteiger partial charge in [-0.15, -0.1) is 0 Å². The lowest BCUT2D eigenvalue weighted by molar-refractivity contribution is 0.106. The molecule has 0 spiro atoms. The normalized spacial score (nSPS) is 18.4. The maximum atomic E-state index is 9.25. The van der Waals surface area contributed by atoms with Crippen molar-refractivity contribution in [2.24, 2.45) is 0 Å². The molecule has 0 amide bonds. The molecule has 0 radical (unpaired) electrons. The molecule has 1 fully saturated rings. The van der Waals surface area contributed by atoms with E-state index in [0.29, 0.717) is 0 Å². The van der Waals surface area contributed by atoms with Crippen LogP contribution in [0.25, 0.3) is 0 Å². The van der Waals surface area contributed by atoms with Gasteiger partial charge in [-0.25, -0.2) is 0 Å². The van der Waals surface area contributed by atoms with Crippen molar-refractivity contribution in [1.82, 2.24) is 9.80 Å². The minimum Gasteiger partial charge on any atom is -0.296 e. The van der Waals surface area contributed by atoms with Crippen molar-refractivity contribution in [2.45, 2.75) is 39.3 Å². The monoisotopic (exact) mass is 305 g/mol. The smallest absolute Gasteiger partial charge is 0.0978 e. The maximum Gasteiger partial charge on any atom is 0.0978 e. The van der Waals surface area contributed by atoms with E-state index in [2.05, 4.69) is 41.8 Å². The molecular formula is C17H24ClN3. The van der Waals surface area contributed by atoms with Crippen molar-refractivity contribution in [3.05, 3.63) is 34.3 Å². The van der Waals surface area contributed by atoms with Crippen molar-refractivity contribution in [3.63, 3.8) is 0 Å². The first-order valence-corrected chi connectivity index (χ1v) is 8.13. The summed E-state index contributed by atoms with van der Waals surface area (Å²) in [6.45, 7) is 9.06. The average molecular weight is 306 g/mol. The number of nitriles is 1. The van der Waals surface area contributed by atoms with Crippen molar-refractivity contribution in [2.75, 3.05) is 26.2 Å². The Labute approximate surface area is 133 Å². The topological polar surface area (TPSA) is 30.3 Å². The summed E-state index contributed by atoms with van der Waals surface area (Å²) < 4.78 is 0. The molecule has 1 saturated heterocycles. The Bertz CT molecular complexity index is 501. The number of piperazine rings is 1. The molecule has 0 aromatic heterocycles. The molecule has 3 nitrogen and oxygen atoms in total. The Morgan fingerprint density at radius 2 is 2.00 bits per heavy atom. The average Bonchev–Trinajstić information content (AvgIpc) is 2.48. The Morgan fingerprint density at radius 3 is 2.57 bits per heavy atom. The van der Waals surface area contributed by atoms with Gasteiger partial charge < -0.3 is 0 Å². The first-order valence-electron chi connectivity index (χ1n) is 7.75. The van der Waals surface area contributed by atoms with Gasteiger partial charge in [-0.2, -0.15) is 5.26 Å². The molecule has 0 N–H and O–H groups in total. The van der Waals surface area contributed by atoms with Gasteiger partial charge in [0.25, 0.3) is 0 Å². The molecule has 2 rings (SSSR count). The lowest BCUT2D eigenvalue weighted by atomic mass is 10.1. The Morgan fingerprint density at radius 1 is 1.29 bits per heavy atom. The Kier molecular flexibility index (Phi) is 6.05. The van der Waals surface area contributed by atoms with Crippen LogP contribution < -0.4 is 0 Å². The maximum absolute atomic E-state index is 9.25. The fourth-order valence-corrected chi connectivity index (χ4v) is 3.15. The Hall–Kier alpha value is -1.08. The zero-order valence-electron chi connectivity index (χ0n) is 13.0. The van der Waals surface area contributed by atoms with Crippen molar-refractivity contribution < 1.29 is 0 Å². The molecule has 0 bridgehead atoms. The van der Waals surface area contributed by atoms with Crippen molar-refractivity contribution >= 4 is 11.6 Å². The van der Waals surface area contributed by atoms with Crippen LogP contribution in [-0.2, 0) is 6.54 Å². The molecular weight excluding hydrogens is 282 g/mol. The van der Waals surface area contributed by atoms with E-state index in [1.54, 1.807) is 0 Å². The summed E-state index contributed by atoms with van der Waals surface area (Å²) in [5, 5.41) is 10.1. The number of rotatable bonds is 5. The second-order valence-corrected chi connectivity index (χ2v) is 6.25. The molecule has 1 atom stereocenters. The standard InChI is InChI=1S/C17H24ClN3/c1-3-4-16(12-19)21-9-7-20(8-10-21)13-15-6-5-14(2)11-17(15)18/h5-6,11,16H,3-4,7-10,13H2,1-2H3. The van der Waals surface area contributed by atoms with Crippen LogP contribution in [0.2, 0.25) is 5.02 Å². The van der Waals surface area contributed by atoms with Gasteiger partial charge in [0.1, 0.15) is 0 Å². The van der Waals surface area contributed by atoms with E-state index in [4.69, 9.17) is 11.6 Å². The number of hydrogen-bond acceptors (Lipinski definition) is 3. The number of halogens is 1. The molecule has 1 aromatic rings. The second-order valence-electron chi connectivity index (χ2n) is 5.84. The number of hydrogen-bond donors (Lipinski definition) is 0. The van der Waals surface area contributed by atoms with Crippen LogP contribution in [0.5, 0.6) is 0 Å². The van der Waals surface area contributed by atoms with Gasteiger partial charge in [0.2, 0.25) is 0 Å². The summed E-state index contributed by atoms with van der Waals surface area (Å²) in [4.78, 5) is 4.74. The summed E-state index contributed by atoms with van der Waals surface area (Å²) >= 11 is 6.31. The van der Waals surface area contributed by atoms with E-state index in [0.717, 1.165) is 50.6 Å². The summed E-state index contributed by atoms with van der Waals surface area (Å²) in [7, 11) is 0. The summed E-state index contributed by atoms with van der Waals surface area (Å²) in [6.07, 6.45) is 2.04. The molecule has 0 aliphatic carbocycles. The highest BCUT2D eigenvalue weighted by atomic mass is 35.5. The Balaban J connectivity index is 1.88. The number of benzene rings is 1. The van der Waals surface area contributed by atoms with Crippen LogP contribution in [0.4, 0.5) is 0 Å². The zero-order chi connectivity index (χ0) is 15.2. The minimum absolute atomic E-state index is 0.0834. The summed E-state index contributed by atoms with van der Waals surface area (Å²) in [5.74, 6) is 0. The molecule has 1 heterocycles. The van der Waals surface area contributed by atoms with Gasteiger partial charge >= 0.3 is 0 Å². The third-order valence-corrected chi connectivity index (χ3v) is 4.51. The molecule has 1 aliphatic rings. The molecule has 1 unspecified atom stereocenters. The molecule has 1 aliphatic heterocycles. The molecule has 0 saturated carbocycles. The van der Waals surface area contributed by atoms with Crippen LogP contribution in [0.1, 0.15) is 30.9 Å². The minimum atomic E-state index is 0.0834. The molecule has 1 aromatic carbocycles. The predicted octanol–water partition coefficient (Wildman–Crippen LogP) is 3.46. The largest absolute Gasteiger partial charge is 0.296 e. The highest BCUT2D eigenvalue weighted by molar-refractivity contribution is 6.31. The van der Waals surface area contributed by atoms with E-state index >= 15 is 0 Å². The van der Waals surface area contributed by atoms with E-state index in [9.17, 15) is 5.26 Å². The van der Waals surface area contributed by atoms with Gasteiger partial charge in [-0.05, 0) is 30.5 Å². The van der Waals surface area contributed by atoms with Gasteiger partial charge in [0, 0.05) is 37.7 Å². The van der Waals surface area contributed by atoms with Gasteiger partial charge in [-0.1, -0.05) is 37.1 Å². The zero-order valence-corrected chi connectivity index (χ0v) is 13.7. The highest BCUT2D eigenvalue weighted by Gasteiger charge is 2.23. The lowest BCUT2D eigenvalue weighted by Crippen LogP contribution is -2.49. The van der Waals surface area contributed by atoms with Crippen LogP contribution in [0.15, 0.2) is 18.2 Å². The number of aryl methyl sites for hydroxylation is 1. The van der Waals surface area contributed by atoms with Crippen LogP contribution in [0, 0.1) is 18.3 Å². The van der Waals surface area contributed by atoms with Crippen LogP contribution in [-0.4, -0.2) is 42.0 Å². The SMILES string of the molecule is CCCC(C#N)N1CCN(Cc2ccc(C)cc2Cl)CC1. The van der Waals surface area contributed by atoms with Gasteiger partial charge in [0.15, 0.2) is 0 Å². The molecule has 4 heteroatoms. The fraction of sp³-hybridized carbons (Fsp3) is 0.588. The molecule has 21 heavy (non-hydrogen) atoms. The van der Waals surface area contributed by atoms with E-state index < -0.39 is 0 Å². The van der Waals surface area contributed by atoms with Gasteiger partial charge in [-0.3, -0.25) is 9.80 Å². The second kappa shape index (κ2) is 7.79. The van der Waals surface area contributed by atoms with Gasteiger partial charge in [0.05, 0.1) is 12.1 Å². The van der Waals surface area contributed by atoms with Crippen LogP contribution in [0.3, 0.4) is 0 Å². The number of nitrogens with zero attached hydrogens (tertiary/aromatic N) is 3. The fourth-order valence-electron chi connectivity index (χ4n) is 2.86. The first-order chi connectivity index (χ1) is 10.1. The quantitative estimate of drug-likeness (QED) is 0.834. The summed E-state index contributed by atoms with van der Waals surface area (Å²) in [6, 6.07) is 8.79.